The van der Waals surface area contributed by atoms with E-state index in [1.165, 1.54) is 25.4 Å². The molecule has 1 N–H and O–H groups in total. The lowest BCUT2D eigenvalue weighted by Gasteiger charge is -2.13. The van der Waals surface area contributed by atoms with Crippen molar-refractivity contribution in [3.63, 3.8) is 0 Å². The maximum atomic E-state index is 13.6. The van der Waals surface area contributed by atoms with Gasteiger partial charge < -0.3 is 10.1 Å². The van der Waals surface area contributed by atoms with Crippen LogP contribution in [0.1, 0.15) is 6.92 Å². The van der Waals surface area contributed by atoms with Crippen LogP contribution >= 0.6 is 11.6 Å². The van der Waals surface area contributed by atoms with Crippen LogP contribution in [0.2, 0.25) is 5.02 Å². The summed E-state index contributed by atoms with van der Waals surface area (Å²) in [4.78, 5) is 23.4. The van der Waals surface area contributed by atoms with Gasteiger partial charge in [-0.05, 0) is 35.5 Å². The van der Waals surface area contributed by atoms with Gasteiger partial charge in [-0.2, -0.15) is 0 Å². The first-order valence-corrected chi connectivity index (χ1v) is 6.49. The molecule has 116 valence electrons. The Hall–Kier alpha value is -2.55. The number of halogens is 2. The molecule has 0 unspecified atom stereocenters. The molecule has 2 rings (SSSR count). The van der Waals surface area contributed by atoms with Crippen molar-refractivity contribution in [3.8, 4) is 0 Å². The van der Waals surface area contributed by atoms with E-state index in [1.54, 1.807) is 0 Å². The quantitative estimate of drug-likeness (QED) is 0.824. The van der Waals surface area contributed by atoms with Gasteiger partial charge in [0.2, 0.25) is 0 Å². The fraction of sp³-hybridized carbons (Fsp3) is 0.250. The normalized spacial score (nSPS) is 11.8. The van der Waals surface area contributed by atoms with E-state index in [1.807, 2.05) is 0 Å². The molecule has 0 aliphatic carbocycles. The smallest absolute Gasteiger partial charge is 0.328 e. The van der Waals surface area contributed by atoms with Crippen LogP contribution in [0, 0.1) is 5.82 Å². The highest BCUT2D eigenvalue weighted by atomic mass is 35.5. The third-order valence-electron chi connectivity index (χ3n) is 2.55. The number of nitrogens with zero attached hydrogens (tertiary/aromatic N) is 4. The topological polar surface area (TPSA) is 99.0 Å². The molecule has 0 aliphatic heterocycles. The minimum atomic E-state index is -1.11. The summed E-state index contributed by atoms with van der Waals surface area (Å²) in [5.74, 6) is -2.06. The Morgan fingerprint density at radius 1 is 1.50 bits per heavy atom. The van der Waals surface area contributed by atoms with Gasteiger partial charge in [0.25, 0.3) is 5.91 Å². The van der Waals surface area contributed by atoms with Crippen LogP contribution in [0.3, 0.4) is 0 Å². The predicted octanol–water partition coefficient (Wildman–Crippen LogP) is 1.04. The SMILES string of the molecule is C[C@@H](OC(=O)Cn1cnnn1)C(=O)Nc1ccc(Cl)cc1F. The minimum Gasteiger partial charge on any atom is -0.451 e. The second kappa shape index (κ2) is 6.94. The Labute approximate surface area is 129 Å². The van der Waals surface area contributed by atoms with Crippen LogP contribution in [0.5, 0.6) is 0 Å². The first-order valence-electron chi connectivity index (χ1n) is 6.12. The Bertz CT molecular complexity index is 679. The average Bonchev–Trinajstić information content (AvgIpc) is 2.94. The molecule has 0 fully saturated rings. The van der Waals surface area contributed by atoms with Crippen LogP contribution < -0.4 is 5.32 Å². The number of rotatable bonds is 5. The number of amides is 1. The number of carbonyl (C=O) groups excluding carboxylic acids is 2. The summed E-state index contributed by atoms with van der Waals surface area (Å²) in [5.41, 5.74) is -0.0576. The molecule has 1 atom stereocenters. The van der Waals surface area contributed by atoms with Gasteiger partial charge in [-0.15, -0.1) is 5.10 Å². The molecule has 0 bridgehead atoms. The molecule has 22 heavy (non-hydrogen) atoms. The van der Waals surface area contributed by atoms with Crippen molar-refractivity contribution in [2.45, 2.75) is 19.6 Å². The molecule has 0 spiro atoms. The summed E-state index contributed by atoms with van der Waals surface area (Å²) < 4.78 is 19.6. The number of nitrogens with one attached hydrogen (secondary N) is 1. The molecule has 2 aromatic rings. The van der Waals surface area contributed by atoms with E-state index >= 15 is 0 Å². The van der Waals surface area contributed by atoms with Crippen LogP contribution in [0.4, 0.5) is 10.1 Å². The first-order chi connectivity index (χ1) is 10.5. The molecule has 8 nitrogen and oxygen atoms in total. The maximum Gasteiger partial charge on any atom is 0.328 e. The number of hydrogen-bond acceptors (Lipinski definition) is 6. The second-order valence-electron chi connectivity index (χ2n) is 4.25. The third-order valence-corrected chi connectivity index (χ3v) is 2.78. The Kier molecular flexibility index (Phi) is 4.99. The van der Waals surface area contributed by atoms with E-state index in [0.29, 0.717) is 0 Å². The monoisotopic (exact) mass is 327 g/mol. The summed E-state index contributed by atoms with van der Waals surface area (Å²) in [6.45, 7) is 1.13. The highest BCUT2D eigenvalue weighted by Crippen LogP contribution is 2.19. The zero-order valence-electron chi connectivity index (χ0n) is 11.4. The van der Waals surface area contributed by atoms with Gasteiger partial charge in [0.15, 0.2) is 6.10 Å². The van der Waals surface area contributed by atoms with Gasteiger partial charge in [0.05, 0.1) is 5.69 Å². The van der Waals surface area contributed by atoms with Gasteiger partial charge in [-0.1, -0.05) is 11.6 Å². The highest BCUT2D eigenvalue weighted by molar-refractivity contribution is 6.30. The number of hydrogen-bond donors (Lipinski definition) is 1. The molecule has 1 heterocycles. The second-order valence-corrected chi connectivity index (χ2v) is 4.69. The summed E-state index contributed by atoms with van der Waals surface area (Å²) in [6, 6.07) is 3.80. The van der Waals surface area contributed by atoms with Gasteiger partial charge in [0, 0.05) is 5.02 Å². The zero-order chi connectivity index (χ0) is 16.1. The number of carbonyl (C=O) groups is 2. The number of ether oxygens (including phenoxy) is 1. The van der Waals surface area contributed by atoms with Gasteiger partial charge in [0.1, 0.15) is 18.7 Å². The van der Waals surface area contributed by atoms with Crippen molar-refractivity contribution in [1.82, 2.24) is 20.2 Å². The van der Waals surface area contributed by atoms with Gasteiger partial charge in [-0.25, -0.2) is 9.07 Å². The van der Waals surface area contributed by atoms with E-state index in [9.17, 15) is 14.0 Å². The molecule has 0 radical (unpaired) electrons. The van der Waals surface area contributed by atoms with E-state index in [0.717, 1.165) is 10.7 Å². The summed E-state index contributed by atoms with van der Waals surface area (Å²) in [7, 11) is 0. The Morgan fingerprint density at radius 3 is 2.91 bits per heavy atom. The standard InChI is InChI=1S/C12H11ClFN5O3/c1-7(22-11(20)5-19-6-15-17-18-19)12(21)16-10-3-2-8(13)4-9(10)14/h2-4,6-7H,5H2,1H3,(H,16,21)/t7-/m1/s1. The van der Waals surface area contributed by atoms with E-state index in [4.69, 9.17) is 16.3 Å². The summed E-state index contributed by atoms with van der Waals surface area (Å²) in [5, 5.41) is 12.7. The fourth-order valence-electron chi connectivity index (χ4n) is 1.50. The van der Waals surface area contributed by atoms with Crippen LogP contribution in [0.25, 0.3) is 0 Å². The van der Waals surface area contributed by atoms with E-state index < -0.39 is 23.8 Å². The Morgan fingerprint density at radius 2 is 2.27 bits per heavy atom. The number of aromatic nitrogens is 4. The van der Waals surface area contributed by atoms with Crippen LogP contribution in [-0.4, -0.2) is 38.2 Å². The van der Waals surface area contributed by atoms with Crippen molar-refractivity contribution >= 4 is 29.2 Å². The van der Waals surface area contributed by atoms with Crippen LogP contribution in [-0.2, 0) is 20.9 Å². The van der Waals surface area contributed by atoms with Gasteiger partial charge in [-0.3, -0.25) is 9.59 Å². The minimum absolute atomic E-state index is 0.0576. The zero-order valence-corrected chi connectivity index (χ0v) is 12.1. The average molecular weight is 328 g/mol. The Balaban J connectivity index is 1.90. The molecule has 0 saturated carbocycles. The molecule has 0 saturated heterocycles. The first kappa shape index (κ1) is 15.8. The molecule has 10 heteroatoms. The molecule has 1 aromatic carbocycles. The van der Waals surface area contributed by atoms with E-state index in [-0.39, 0.29) is 17.3 Å². The van der Waals surface area contributed by atoms with E-state index in [2.05, 4.69) is 20.8 Å². The predicted molar refractivity (Wildman–Crippen MR) is 73.4 cm³/mol. The molecular weight excluding hydrogens is 317 g/mol. The van der Waals surface area contributed by atoms with Gasteiger partial charge >= 0.3 is 5.97 Å². The number of benzene rings is 1. The highest BCUT2D eigenvalue weighted by Gasteiger charge is 2.19. The number of esters is 1. The lowest BCUT2D eigenvalue weighted by molar-refractivity contribution is -0.153. The van der Waals surface area contributed by atoms with Crippen molar-refractivity contribution in [1.29, 1.82) is 0 Å². The summed E-state index contributed by atoms with van der Waals surface area (Å²) in [6.07, 6.45) is 0.119. The molecule has 1 aromatic heterocycles. The molecular formula is C12H11ClFN5O3. The van der Waals surface area contributed by atoms with Crippen LogP contribution in [0.15, 0.2) is 24.5 Å². The molecule has 1 amide bonds. The van der Waals surface area contributed by atoms with Crippen molar-refractivity contribution < 1.29 is 18.7 Å². The van der Waals surface area contributed by atoms with Crippen molar-refractivity contribution in [2.75, 3.05) is 5.32 Å². The lowest BCUT2D eigenvalue weighted by atomic mass is 10.3. The maximum absolute atomic E-state index is 13.6. The number of anilines is 1. The molecule has 0 aliphatic rings. The fourth-order valence-corrected chi connectivity index (χ4v) is 1.66. The lowest BCUT2D eigenvalue weighted by Crippen LogP contribution is -2.31. The third kappa shape index (κ3) is 4.22. The summed E-state index contributed by atoms with van der Waals surface area (Å²) >= 11 is 5.61. The largest absolute Gasteiger partial charge is 0.451 e. The number of tetrazole rings is 1. The van der Waals surface area contributed by atoms with Crippen molar-refractivity contribution in [2.24, 2.45) is 0 Å². The van der Waals surface area contributed by atoms with Crippen molar-refractivity contribution in [3.05, 3.63) is 35.4 Å².